The third-order valence-electron chi connectivity index (χ3n) is 2.30. The van der Waals surface area contributed by atoms with Gasteiger partial charge in [0.2, 0.25) is 0 Å². The monoisotopic (exact) mass is 177 g/mol. The van der Waals surface area contributed by atoms with Crippen molar-refractivity contribution in [3.8, 4) is 0 Å². The third-order valence-corrected chi connectivity index (χ3v) is 2.30. The average molecular weight is 177 g/mol. The largest absolute Gasteiger partial charge is 0.395 e. The zero-order valence-electron chi connectivity index (χ0n) is 6.88. The molecule has 0 saturated carbocycles. The van der Waals surface area contributed by atoms with Crippen LogP contribution in [0.25, 0.3) is 0 Å². The molecule has 0 amide bonds. The van der Waals surface area contributed by atoms with Crippen LogP contribution in [0.5, 0.6) is 0 Å². The van der Waals surface area contributed by atoms with Gasteiger partial charge in [-0.05, 0) is 6.92 Å². The fourth-order valence-corrected chi connectivity index (χ4v) is 1.43. The Labute approximate surface area is 70.6 Å². The molecule has 5 atom stereocenters. The Morgan fingerprint density at radius 3 is 2.17 bits per heavy atom. The Bertz CT molecular complexity index is 150. The lowest BCUT2D eigenvalue weighted by Gasteiger charge is -2.39. The molecule has 0 spiro atoms. The van der Waals surface area contributed by atoms with Gasteiger partial charge in [0.25, 0.3) is 0 Å². The van der Waals surface area contributed by atoms with Crippen LogP contribution in [-0.4, -0.2) is 57.4 Å². The van der Waals surface area contributed by atoms with Gasteiger partial charge in [-0.3, -0.25) is 0 Å². The number of nitrogens with one attached hydrogen (secondary N) is 1. The molecule has 5 nitrogen and oxygen atoms in total. The van der Waals surface area contributed by atoms with E-state index in [0.29, 0.717) is 0 Å². The molecule has 5 heteroatoms. The molecular formula is C7H15NO4. The number of rotatable bonds is 1. The van der Waals surface area contributed by atoms with E-state index in [0.717, 1.165) is 0 Å². The van der Waals surface area contributed by atoms with Crippen molar-refractivity contribution in [1.29, 1.82) is 0 Å². The molecule has 5 N–H and O–H groups in total. The van der Waals surface area contributed by atoms with Gasteiger partial charge in [0, 0.05) is 6.04 Å². The molecule has 1 heterocycles. The number of hydrogen-bond donors (Lipinski definition) is 5. The smallest absolute Gasteiger partial charge is 0.109 e. The molecule has 0 aliphatic carbocycles. The van der Waals surface area contributed by atoms with E-state index < -0.39 is 24.4 Å². The van der Waals surface area contributed by atoms with Crippen LogP contribution in [-0.2, 0) is 0 Å². The molecule has 1 rings (SSSR count). The van der Waals surface area contributed by atoms with E-state index in [1.165, 1.54) is 0 Å². The minimum atomic E-state index is -1.18. The van der Waals surface area contributed by atoms with Gasteiger partial charge in [0.15, 0.2) is 0 Å². The minimum absolute atomic E-state index is 0.255. The summed E-state index contributed by atoms with van der Waals surface area (Å²) in [5.41, 5.74) is 0. The second-order valence-corrected chi connectivity index (χ2v) is 3.22. The molecule has 0 aromatic carbocycles. The predicted octanol–water partition coefficient (Wildman–Crippen LogP) is -2.58. The van der Waals surface area contributed by atoms with Crippen LogP contribution < -0.4 is 5.32 Å². The number of hydrogen-bond acceptors (Lipinski definition) is 5. The lowest BCUT2D eigenvalue weighted by molar-refractivity contribution is -0.116. The highest BCUT2D eigenvalue weighted by atomic mass is 16.4. The van der Waals surface area contributed by atoms with Crippen molar-refractivity contribution in [2.45, 2.75) is 37.3 Å². The van der Waals surface area contributed by atoms with E-state index in [1.807, 2.05) is 0 Å². The second-order valence-electron chi connectivity index (χ2n) is 3.22. The molecule has 72 valence electrons. The molecule has 0 aromatic heterocycles. The Morgan fingerprint density at radius 1 is 1.08 bits per heavy atom. The summed E-state index contributed by atoms with van der Waals surface area (Å²) in [4.78, 5) is 0. The van der Waals surface area contributed by atoms with Gasteiger partial charge in [-0.15, -0.1) is 0 Å². The average Bonchev–Trinajstić information content (AvgIpc) is 2.08. The number of aliphatic hydroxyl groups is 4. The first kappa shape index (κ1) is 9.88. The van der Waals surface area contributed by atoms with Crippen LogP contribution in [0.3, 0.4) is 0 Å². The molecule has 1 fully saturated rings. The van der Waals surface area contributed by atoms with E-state index in [1.54, 1.807) is 6.92 Å². The van der Waals surface area contributed by atoms with Crippen molar-refractivity contribution < 1.29 is 20.4 Å². The van der Waals surface area contributed by atoms with Crippen molar-refractivity contribution >= 4 is 0 Å². The van der Waals surface area contributed by atoms with Crippen molar-refractivity contribution in [3.05, 3.63) is 0 Å². The zero-order chi connectivity index (χ0) is 9.30. The van der Waals surface area contributed by atoms with Gasteiger partial charge >= 0.3 is 0 Å². The molecule has 1 aliphatic heterocycles. The topological polar surface area (TPSA) is 93.0 Å². The SMILES string of the molecule is C[C@H]1N[C@H](CO)[C@H](O)[C@H](O)[C@H]1O. The highest BCUT2D eigenvalue weighted by Gasteiger charge is 2.39. The summed E-state index contributed by atoms with van der Waals surface area (Å²) in [6.07, 6.45) is -3.28. The van der Waals surface area contributed by atoms with Crippen LogP contribution in [0.1, 0.15) is 6.92 Å². The van der Waals surface area contributed by atoms with Crippen molar-refractivity contribution in [1.82, 2.24) is 5.32 Å². The van der Waals surface area contributed by atoms with Gasteiger partial charge < -0.3 is 25.7 Å². The van der Waals surface area contributed by atoms with E-state index >= 15 is 0 Å². The van der Waals surface area contributed by atoms with Gasteiger partial charge in [-0.1, -0.05) is 0 Å². The van der Waals surface area contributed by atoms with Gasteiger partial charge in [0.1, 0.15) is 6.10 Å². The summed E-state index contributed by atoms with van der Waals surface area (Å²) in [6.45, 7) is 1.43. The summed E-state index contributed by atoms with van der Waals surface area (Å²) in [7, 11) is 0. The number of aliphatic hydroxyl groups excluding tert-OH is 4. The fraction of sp³-hybridized carbons (Fsp3) is 1.00. The van der Waals surface area contributed by atoms with Crippen molar-refractivity contribution in [2.75, 3.05) is 6.61 Å². The Kier molecular flexibility index (Phi) is 3.03. The van der Waals surface area contributed by atoms with E-state index in [-0.39, 0.29) is 12.6 Å². The Hall–Kier alpha value is -0.200. The zero-order valence-corrected chi connectivity index (χ0v) is 6.88. The molecule has 0 unspecified atom stereocenters. The molecular weight excluding hydrogens is 162 g/mol. The highest BCUT2D eigenvalue weighted by molar-refractivity contribution is 4.96. The summed E-state index contributed by atoms with van der Waals surface area (Å²) in [6, 6.07) is -0.876. The first-order chi connectivity index (χ1) is 5.57. The molecule has 0 radical (unpaired) electrons. The Balaban J connectivity index is 2.63. The number of piperidine rings is 1. The molecule has 1 saturated heterocycles. The summed E-state index contributed by atoms with van der Waals surface area (Å²) < 4.78 is 0. The van der Waals surface area contributed by atoms with E-state index in [9.17, 15) is 15.3 Å². The van der Waals surface area contributed by atoms with Crippen LogP contribution in [0, 0.1) is 0 Å². The highest BCUT2D eigenvalue weighted by Crippen LogP contribution is 2.14. The quantitative estimate of drug-likeness (QED) is 0.303. The summed E-state index contributed by atoms with van der Waals surface area (Å²) in [5.74, 6) is 0. The molecule has 0 aromatic rings. The summed E-state index contributed by atoms with van der Waals surface area (Å²) in [5, 5.41) is 39.4. The normalized spacial score (nSPS) is 49.2. The third kappa shape index (κ3) is 1.60. The maximum atomic E-state index is 9.29. The maximum absolute atomic E-state index is 9.29. The standard InChI is InChI=1S/C7H15NO4/c1-3-5(10)7(12)6(11)4(2-9)8-3/h3-12H,2H2,1H3/t3-,4-,5+,6+,7-/m1/s1. The van der Waals surface area contributed by atoms with Gasteiger partial charge in [0.05, 0.1) is 24.9 Å². The fourth-order valence-electron chi connectivity index (χ4n) is 1.43. The lowest BCUT2D eigenvalue weighted by Crippen LogP contribution is -2.64. The predicted molar refractivity (Wildman–Crippen MR) is 41.5 cm³/mol. The van der Waals surface area contributed by atoms with Crippen molar-refractivity contribution in [3.63, 3.8) is 0 Å². The minimum Gasteiger partial charge on any atom is -0.395 e. The van der Waals surface area contributed by atoms with Gasteiger partial charge in [-0.2, -0.15) is 0 Å². The second kappa shape index (κ2) is 3.68. The van der Waals surface area contributed by atoms with Crippen LogP contribution in [0.2, 0.25) is 0 Å². The summed E-state index contributed by atoms with van der Waals surface area (Å²) >= 11 is 0. The maximum Gasteiger partial charge on any atom is 0.109 e. The van der Waals surface area contributed by atoms with Crippen LogP contribution >= 0.6 is 0 Å². The van der Waals surface area contributed by atoms with E-state index in [4.69, 9.17) is 5.11 Å². The van der Waals surface area contributed by atoms with Gasteiger partial charge in [-0.25, -0.2) is 0 Å². The lowest BCUT2D eigenvalue weighted by atomic mass is 9.91. The van der Waals surface area contributed by atoms with Crippen molar-refractivity contribution in [2.24, 2.45) is 0 Å². The van der Waals surface area contributed by atoms with E-state index in [2.05, 4.69) is 5.32 Å². The first-order valence-electron chi connectivity index (χ1n) is 3.99. The van der Waals surface area contributed by atoms with Crippen LogP contribution in [0.4, 0.5) is 0 Å². The first-order valence-corrected chi connectivity index (χ1v) is 3.99. The molecule has 1 aliphatic rings. The van der Waals surface area contributed by atoms with Crippen LogP contribution in [0.15, 0.2) is 0 Å². The molecule has 0 bridgehead atoms. The Morgan fingerprint density at radius 2 is 1.67 bits per heavy atom. The molecule has 12 heavy (non-hydrogen) atoms.